The summed E-state index contributed by atoms with van der Waals surface area (Å²) in [6, 6.07) is 13.9. The Morgan fingerprint density at radius 1 is 1.02 bits per heavy atom. The Morgan fingerprint density at radius 3 is 2.64 bits per heavy atom. The minimum atomic E-state index is -0.795. The van der Waals surface area contributed by atoms with E-state index in [9.17, 15) is 0 Å². The van der Waals surface area contributed by atoms with Gasteiger partial charge in [0.1, 0.15) is 59.1 Å². The molecule has 0 radical (unpaired) electrons. The number of nitrogens with zero attached hydrogens (tertiary/aromatic N) is 4. The lowest BCUT2D eigenvalue weighted by atomic mass is 10.1. The van der Waals surface area contributed by atoms with Crippen LogP contribution >= 0.6 is 23.2 Å². The second-order valence-electron chi connectivity index (χ2n) is 11.2. The van der Waals surface area contributed by atoms with Crippen molar-refractivity contribution in [1.82, 2.24) is 19.5 Å². The van der Waals surface area contributed by atoms with Gasteiger partial charge in [-0.05, 0) is 49.2 Å². The first-order chi connectivity index (χ1) is 21.2. The van der Waals surface area contributed by atoms with Crippen molar-refractivity contribution in [2.45, 2.75) is 44.4 Å². The Bertz CT molecular complexity index is 1910. The fourth-order valence-electron chi connectivity index (χ4n) is 5.77. The molecule has 2 aromatic carbocycles. The van der Waals surface area contributed by atoms with E-state index in [4.69, 9.17) is 42.1 Å². The highest BCUT2D eigenvalue weighted by Gasteiger charge is 2.51. The molecule has 44 heavy (non-hydrogen) atoms. The second kappa shape index (κ2) is 11.2. The van der Waals surface area contributed by atoms with E-state index in [1.165, 1.54) is 12.4 Å². The summed E-state index contributed by atoms with van der Waals surface area (Å²) in [7, 11) is 1.62. The average molecular weight is 637 g/mol. The first kappa shape index (κ1) is 28.8. The first-order valence-electron chi connectivity index (χ1n) is 14.0. The van der Waals surface area contributed by atoms with Crippen molar-refractivity contribution in [2.75, 3.05) is 19.0 Å². The molecule has 0 saturated carbocycles. The normalized spacial score (nSPS) is 20.6. The minimum absolute atomic E-state index is 0.160. The number of aromatic nitrogens is 4. The van der Waals surface area contributed by atoms with Crippen molar-refractivity contribution in [3.63, 3.8) is 0 Å². The molecule has 0 amide bonds. The number of methoxy groups -OCH3 is 1. The standard InChI is InChI=1S/C32H28Cl2FN5O4/c1-32(2)43-27-18(10-26(28(27)44-32)40-9-8-21-29(34)37-16-38-31(21)40)15-42-20-11-24(35)22-13-23(33)30(39-25(22)12-20)36-14-17-4-6-19(41-3)7-5-17/h4-13,16,26-28H,14-15H2,1-3H3,(H,36,39)/t26-,27-,28+/m1/s1. The number of benzene rings is 2. The van der Waals surface area contributed by atoms with Crippen LogP contribution < -0.4 is 14.8 Å². The molecule has 1 fully saturated rings. The molecule has 0 spiro atoms. The molecule has 7 rings (SSSR count). The molecule has 0 unspecified atom stereocenters. The number of hydrogen-bond acceptors (Lipinski definition) is 8. The van der Waals surface area contributed by atoms with Crippen LogP contribution in [0, 0.1) is 5.82 Å². The van der Waals surface area contributed by atoms with Crippen LogP contribution in [0.3, 0.4) is 0 Å². The van der Waals surface area contributed by atoms with Gasteiger partial charge in [-0.1, -0.05) is 41.4 Å². The van der Waals surface area contributed by atoms with E-state index in [2.05, 4.69) is 26.3 Å². The molecular weight excluding hydrogens is 608 g/mol. The quantitative estimate of drug-likeness (QED) is 0.142. The second-order valence-corrected chi connectivity index (χ2v) is 11.9. The number of rotatable bonds is 8. The molecule has 2 aliphatic rings. The maximum Gasteiger partial charge on any atom is 0.164 e. The summed E-state index contributed by atoms with van der Waals surface area (Å²) in [5.74, 6) is 0.261. The van der Waals surface area contributed by atoms with Crippen molar-refractivity contribution in [3.05, 3.63) is 94.3 Å². The fourth-order valence-corrected chi connectivity index (χ4v) is 6.18. The van der Waals surface area contributed by atoms with E-state index in [1.807, 2.05) is 54.9 Å². The zero-order chi connectivity index (χ0) is 30.6. The Balaban J connectivity index is 1.13. The molecule has 1 saturated heterocycles. The molecule has 3 aromatic heterocycles. The summed E-state index contributed by atoms with van der Waals surface area (Å²) in [6.07, 6.45) is 4.73. The van der Waals surface area contributed by atoms with Crippen LogP contribution in [0.4, 0.5) is 10.2 Å². The number of nitrogens with one attached hydrogen (secondary N) is 1. The Hall–Kier alpha value is -3.96. The summed E-state index contributed by atoms with van der Waals surface area (Å²) in [5.41, 5.74) is 2.99. The van der Waals surface area contributed by atoms with Crippen LogP contribution in [-0.4, -0.2) is 51.2 Å². The number of anilines is 1. The smallest absolute Gasteiger partial charge is 0.164 e. The summed E-state index contributed by atoms with van der Waals surface area (Å²) in [5, 5.41) is 4.98. The zero-order valence-electron chi connectivity index (χ0n) is 24.1. The summed E-state index contributed by atoms with van der Waals surface area (Å²) in [6.45, 7) is 4.39. The van der Waals surface area contributed by atoms with E-state index >= 15 is 4.39 Å². The molecule has 1 N–H and O–H groups in total. The first-order valence-corrected chi connectivity index (χ1v) is 14.8. The van der Waals surface area contributed by atoms with Gasteiger partial charge in [0, 0.05) is 30.3 Å². The zero-order valence-corrected chi connectivity index (χ0v) is 25.6. The van der Waals surface area contributed by atoms with E-state index < -0.39 is 11.6 Å². The molecule has 12 heteroatoms. The molecule has 4 heterocycles. The van der Waals surface area contributed by atoms with Gasteiger partial charge in [0.15, 0.2) is 5.79 Å². The molecule has 3 atom stereocenters. The number of halogens is 3. The van der Waals surface area contributed by atoms with Crippen molar-refractivity contribution in [1.29, 1.82) is 0 Å². The lowest BCUT2D eigenvalue weighted by molar-refractivity contribution is -0.148. The van der Waals surface area contributed by atoms with Gasteiger partial charge in [-0.2, -0.15) is 0 Å². The maximum atomic E-state index is 15.2. The predicted molar refractivity (Wildman–Crippen MR) is 166 cm³/mol. The molecule has 0 bridgehead atoms. The Morgan fingerprint density at radius 2 is 1.84 bits per heavy atom. The molecule has 5 aromatic rings. The summed E-state index contributed by atoms with van der Waals surface area (Å²) < 4.78 is 41.2. The van der Waals surface area contributed by atoms with Gasteiger partial charge in [0.05, 0.1) is 29.1 Å². The predicted octanol–water partition coefficient (Wildman–Crippen LogP) is 7.13. The van der Waals surface area contributed by atoms with Crippen molar-refractivity contribution >= 4 is 51.0 Å². The third-order valence-electron chi connectivity index (χ3n) is 7.83. The van der Waals surface area contributed by atoms with Crippen molar-refractivity contribution in [2.24, 2.45) is 0 Å². The number of hydrogen-bond donors (Lipinski definition) is 1. The third kappa shape index (κ3) is 5.32. The third-order valence-corrected chi connectivity index (χ3v) is 8.42. The highest BCUT2D eigenvalue weighted by Crippen LogP contribution is 2.44. The summed E-state index contributed by atoms with van der Waals surface area (Å²) >= 11 is 12.8. The van der Waals surface area contributed by atoms with E-state index in [0.717, 1.165) is 22.3 Å². The van der Waals surface area contributed by atoms with E-state index in [0.29, 0.717) is 44.8 Å². The van der Waals surface area contributed by atoms with Crippen LogP contribution in [0.15, 0.2) is 72.7 Å². The number of fused-ring (bicyclic) bond motifs is 3. The van der Waals surface area contributed by atoms with Crippen LogP contribution in [0.5, 0.6) is 11.5 Å². The Kier molecular flexibility index (Phi) is 7.32. The summed E-state index contributed by atoms with van der Waals surface area (Å²) in [4.78, 5) is 13.1. The van der Waals surface area contributed by atoms with Crippen molar-refractivity contribution in [3.8, 4) is 11.5 Å². The van der Waals surface area contributed by atoms with Gasteiger partial charge in [-0.15, -0.1) is 0 Å². The van der Waals surface area contributed by atoms with E-state index in [-0.39, 0.29) is 24.9 Å². The highest BCUT2D eigenvalue weighted by atomic mass is 35.5. The molecule has 226 valence electrons. The maximum absolute atomic E-state index is 15.2. The number of ether oxygens (including phenoxy) is 4. The van der Waals surface area contributed by atoms with Gasteiger partial charge in [-0.25, -0.2) is 19.3 Å². The van der Waals surface area contributed by atoms with Crippen LogP contribution in [0.25, 0.3) is 21.9 Å². The molecule has 1 aliphatic carbocycles. The monoisotopic (exact) mass is 635 g/mol. The van der Waals surface area contributed by atoms with Crippen molar-refractivity contribution < 1.29 is 23.3 Å². The van der Waals surface area contributed by atoms with Gasteiger partial charge in [0.25, 0.3) is 0 Å². The van der Waals surface area contributed by atoms with E-state index in [1.54, 1.807) is 19.2 Å². The van der Waals surface area contributed by atoms with Gasteiger partial charge >= 0.3 is 0 Å². The SMILES string of the molecule is COc1ccc(CNc2nc3cc(OCC4=C[C@@H](n5ccc6c(Cl)ncnc65)[C@@H]5OC(C)(C)O[C@H]45)cc(F)c3cc2Cl)cc1. The lowest BCUT2D eigenvalue weighted by Crippen LogP contribution is -2.28. The van der Waals surface area contributed by atoms with Gasteiger partial charge in [0.2, 0.25) is 0 Å². The molecule has 9 nitrogen and oxygen atoms in total. The Labute approximate surface area is 262 Å². The molecule has 1 aliphatic heterocycles. The van der Waals surface area contributed by atoms with Crippen LogP contribution in [0.1, 0.15) is 25.5 Å². The van der Waals surface area contributed by atoms with Crippen LogP contribution in [0.2, 0.25) is 10.2 Å². The fraction of sp³-hybridized carbons (Fsp3) is 0.281. The average Bonchev–Trinajstić information content (AvgIpc) is 3.67. The van der Waals surface area contributed by atoms with Gasteiger partial charge in [-0.3, -0.25) is 0 Å². The van der Waals surface area contributed by atoms with Crippen LogP contribution in [-0.2, 0) is 16.0 Å². The topological polar surface area (TPSA) is 92.6 Å². The largest absolute Gasteiger partial charge is 0.497 e. The minimum Gasteiger partial charge on any atom is -0.497 e. The number of pyridine rings is 1. The highest BCUT2D eigenvalue weighted by molar-refractivity contribution is 6.34. The molecular formula is C32H28Cl2FN5O4. The lowest BCUT2D eigenvalue weighted by Gasteiger charge is -2.22. The van der Waals surface area contributed by atoms with Gasteiger partial charge < -0.3 is 28.8 Å².